The highest BCUT2D eigenvalue weighted by molar-refractivity contribution is 5.99. The molecule has 3 heterocycles. The fourth-order valence-electron chi connectivity index (χ4n) is 3.82. The molecule has 0 saturated carbocycles. The van der Waals surface area contributed by atoms with E-state index in [1.54, 1.807) is 39.7 Å². The maximum atomic E-state index is 15.2. The quantitative estimate of drug-likeness (QED) is 0.387. The van der Waals surface area contributed by atoms with Gasteiger partial charge in [0.25, 0.3) is 5.91 Å². The number of nitrogens with two attached hydrogens (primary N) is 1. The zero-order valence-electron chi connectivity index (χ0n) is 20.0. The number of aromatic nitrogens is 3. The molecule has 36 heavy (non-hydrogen) atoms. The number of hydrogen-bond acceptors (Lipinski definition) is 7. The van der Waals surface area contributed by atoms with Crippen LogP contribution < -0.4 is 15.4 Å². The van der Waals surface area contributed by atoms with Crippen molar-refractivity contribution in [1.29, 1.82) is 5.26 Å². The van der Waals surface area contributed by atoms with Crippen molar-refractivity contribution in [3.63, 3.8) is 0 Å². The fourth-order valence-corrected chi connectivity index (χ4v) is 3.82. The molecule has 3 aromatic heterocycles. The Kier molecular flexibility index (Phi) is 6.59. The van der Waals surface area contributed by atoms with E-state index in [4.69, 9.17) is 10.5 Å². The van der Waals surface area contributed by atoms with Crippen LogP contribution in [0, 0.1) is 11.3 Å². The molecule has 0 aliphatic carbocycles. The first kappa shape index (κ1) is 24.6. The molecular formula is C26H25FN6O3. The number of anilines is 2. The van der Waals surface area contributed by atoms with Crippen LogP contribution in [-0.2, 0) is 0 Å². The third-order valence-electron chi connectivity index (χ3n) is 5.83. The van der Waals surface area contributed by atoms with E-state index in [1.165, 1.54) is 39.5 Å². The number of nitriles is 1. The van der Waals surface area contributed by atoms with Gasteiger partial charge < -0.3 is 20.5 Å². The molecule has 0 aliphatic heterocycles. The number of methoxy groups -OCH3 is 1. The van der Waals surface area contributed by atoms with Crippen LogP contribution in [-0.4, -0.2) is 51.0 Å². The summed E-state index contributed by atoms with van der Waals surface area (Å²) in [5.74, 6) is -0.246. The zero-order valence-corrected chi connectivity index (χ0v) is 20.0. The zero-order chi connectivity index (χ0) is 26.0. The van der Waals surface area contributed by atoms with Gasteiger partial charge in [-0.1, -0.05) is 0 Å². The minimum atomic E-state index is -1.68. The van der Waals surface area contributed by atoms with Crippen molar-refractivity contribution < 1.29 is 19.0 Å². The Hall–Kier alpha value is -4.49. The molecule has 9 nitrogen and oxygen atoms in total. The molecule has 0 spiro atoms. The number of ether oxygens (including phenoxy) is 1. The lowest BCUT2D eigenvalue weighted by Gasteiger charge is -2.32. The third-order valence-corrected chi connectivity index (χ3v) is 5.83. The van der Waals surface area contributed by atoms with Crippen molar-refractivity contribution in [1.82, 2.24) is 14.6 Å². The van der Waals surface area contributed by atoms with Crippen molar-refractivity contribution in [2.45, 2.75) is 25.6 Å². The lowest BCUT2D eigenvalue weighted by molar-refractivity contribution is 0.00145. The van der Waals surface area contributed by atoms with Gasteiger partial charge in [-0.05, 0) is 50.2 Å². The second-order valence-corrected chi connectivity index (χ2v) is 8.82. The van der Waals surface area contributed by atoms with Crippen LogP contribution >= 0.6 is 0 Å². The number of benzene rings is 1. The van der Waals surface area contributed by atoms with Gasteiger partial charge in [-0.15, -0.1) is 0 Å². The summed E-state index contributed by atoms with van der Waals surface area (Å²) in [6.45, 7) is 2.48. The number of halogens is 1. The van der Waals surface area contributed by atoms with Crippen LogP contribution in [0.5, 0.6) is 5.75 Å². The van der Waals surface area contributed by atoms with E-state index in [-0.39, 0.29) is 12.1 Å². The highest BCUT2D eigenvalue weighted by Gasteiger charge is 2.31. The van der Waals surface area contributed by atoms with E-state index in [9.17, 15) is 15.2 Å². The minimum absolute atomic E-state index is 0.101. The summed E-state index contributed by atoms with van der Waals surface area (Å²) in [7, 11) is 1.51. The average Bonchev–Trinajstić information content (AvgIpc) is 3.29. The number of carbonyl (C=O) groups excluding carboxylic acids is 1. The maximum absolute atomic E-state index is 15.2. The molecule has 0 saturated heterocycles. The van der Waals surface area contributed by atoms with E-state index >= 15 is 4.39 Å². The molecule has 0 fully saturated rings. The van der Waals surface area contributed by atoms with Crippen LogP contribution in [0.15, 0.2) is 61.1 Å². The number of carbonyl (C=O) groups is 1. The Bertz CT molecular complexity index is 1470. The van der Waals surface area contributed by atoms with Crippen LogP contribution in [0.3, 0.4) is 0 Å². The summed E-state index contributed by atoms with van der Waals surface area (Å²) in [6, 6.07) is 14.3. The molecule has 1 aromatic carbocycles. The first-order valence-electron chi connectivity index (χ1n) is 11.1. The first-order valence-corrected chi connectivity index (χ1v) is 11.1. The van der Waals surface area contributed by atoms with Gasteiger partial charge in [0.15, 0.2) is 0 Å². The molecule has 184 valence electrons. The van der Waals surface area contributed by atoms with E-state index in [1.807, 2.05) is 12.1 Å². The van der Waals surface area contributed by atoms with Gasteiger partial charge in [-0.2, -0.15) is 10.4 Å². The SMILES string of the molecule is COc1cc(-c2ccc3cc(C#N)cnn23)cc(N(C[C@@H](F)C(C)(C)O)c2ccncc2C(N)=O)c1. The molecule has 0 aliphatic rings. The van der Waals surface area contributed by atoms with Crippen LogP contribution in [0.4, 0.5) is 15.8 Å². The topological polar surface area (TPSA) is 130 Å². The van der Waals surface area contributed by atoms with Gasteiger partial charge in [-0.3, -0.25) is 9.78 Å². The number of aliphatic hydroxyl groups is 1. The standard InChI is InChI=1S/C26H25FN6O3/c1-26(2,35)24(27)15-32(23-6-7-30-14-21(23)25(29)34)19-9-17(10-20(11-19)36-3)22-5-4-18-8-16(12-28)13-31-33(18)22/h4-11,13-14,24,35H,15H2,1-3H3,(H2,29,34)/t24-/m1/s1. The Labute approximate surface area is 207 Å². The number of primary amides is 1. The predicted octanol–water partition coefficient (Wildman–Crippen LogP) is 3.62. The van der Waals surface area contributed by atoms with Gasteiger partial charge in [0.2, 0.25) is 0 Å². The third kappa shape index (κ3) is 4.82. The van der Waals surface area contributed by atoms with Gasteiger partial charge >= 0.3 is 0 Å². The predicted molar refractivity (Wildman–Crippen MR) is 133 cm³/mol. The number of rotatable bonds is 8. The summed E-state index contributed by atoms with van der Waals surface area (Å²) in [6.07, 6.45) is 2.59. The molecule has 10 heteroatoms. The molecular weight excluding hydrogens is 463 g/mol. The summed E-state index contributed by atoms with van der Waals surface area (Å²) in [4.78, 5) is 17.7. The lowest BCUT2D eigenvalue weighted by atomic mass is 10.0. The molecule has 0 unspecified atom stereocenters. The van der Waals surface area contributed by atoms with E-state index < -0.39 is 17.7 Å². The Morgan fingerprint density at radius 2 is 2.06 bits per heavy atom. The highest BCUT2D eigenvalue weighted by atomic mass is 19.1. The van der Waals surface area contributed by atoms with Crippen molar-refractivity contribution in [2.75, 3.05) is 18.6 Å². The molecule has 0 bridgehead atoms. The minimum Gasteiger partial charge on any atom is -0.497 e. The average molecular weight is 489 g/mol. The number of nitrogens with zero attached hydrogens (tertiary/aromatic N) is 5. The van der Waals surface area contributed by atoms with Crippen LogP contribution in [0.2, 0.25) is 0 Å². The molecule has 3 N–H and O–H groups in total. The number of pyridine rings is 1. The van der Waals surface area contributed by atoms with E-state index in [2.05, 4.69) is 16.2 Å². The summed E-state index contributed by atoms with van der Waals surface area (Å²) in [5.41, 5.74) is 7.43. The van der Waals surface area contributed by atoms with Gasteiger partial charge in [-0.25, -0.2) is 8.91 Å². The normalized spacial score (nSPS) is 12.2. The summed E-state index contributed by atoms with van der Waals surface area (Å²) >= 11 is 0. The highest BCUT2D eigenvalue weighted by Crippen LogP contribution is 2.36. The Morgan fingerprint density at radius 1 is 1.28 bits per heavy atom. The largest absolute Gasteiger partial charge is 0.497 e. The maximum Gasteiger partial charge on any atom is 0.252 e. The smallest absolute Gasteiger partial charge is 0.252 e. The number of amides is 1. The molecule has 1 atom stereocenters. The lowest BCUT2D eigenvalue weighted by Crippen LogP contribution is -2.41. The number of hydrogen-bond donors (Lipinski definition) is 2. The van der Waals surface area contributed by atoms with Gasteiger partial charge in [0.05, 0.1) is 53.5 Å². The Balaban J connectivity index is 1.91. The van der Waals surface area contributed by atoms with Crippen molar-refractivity contribution >= 4 is 22.8 Å². The van der Waals surface area contributed by atoms with Crippen LogP contribution in [0.25, 0.3) is 16.8 Å². The van der Waals surface area contributed by atoms with Crippen molar-refractivity contribution in [3.8, 4) is 23.1 Å². The van der Waals surface area contributed by atoms with Gasteiger partial charge in [0, 0.05) is 29.7 Å². The second kappa shape index (κ2) is 9.64. The van der Waals surface area contributed by atoms with Crippen LogP contribution in [0.1, 0.15) is 29.8 Å². The molecule has 1 amide bonds. The molecule has 4 aromatic rings. The summed E-state index contributed by atoms with van der Waals surface area (Å²) in [5, 5.41) is 23.9. The monoisotopic (exact) mass is 488 g/mol. The first-order chi connectivity index (χ1) is 17.1. The summed E-state index contributed by atoms with van der Waals surface area (Å²) < 4.78 is 22.4. The number of fused-ring (bicyclic) bond motifs is 1. The molecule has 0 radical (unpaired) electrons. The molecule has 4 rings (SSSR count). The van der Waals surface area contributed by atoms with Crippen molar-refractivity contribution in [2.24, 2.45) is 5.73 Å². The van der Waals surface area contributed by atoms with E-state index in [0.29, 0.717) is 33.9 Å². The Morgan fingerprint density at radius 3 is 2.72 bits per heavy atom. The second-order valence-electron chi connectivity index (χ2n) is 8.82. The van der Waals surface area contributed by atoms with E-state index in [0.717, 1.165) is 5.52 Å². The number of alkyl halides is 1. The van der Waals surface area contributed by atoms with Gasteiger partial charge in [0.1, 0.15) is 18.0 Å². The van der Waals surface area contributed by atoms with Crippen molar-refractivity contribution in [3.05, 3.63) is 72.2 Å². The fraction of sp³-hybridized carbons (Fsp3) is 0.231.